The molecule has 2 aromatic carbocycles. The number of hydrogen-bond acceptors (Lipinski definition) is 0. The van der Waals surface area contributed by atoms with E-state index < -0.39 is 21.5 Å². The van der Waals surface area contributed by atoms with E-state index in [4.69, 9.17) is 44.3 Å². The number of halogens is 4. The predicted molar refractivity (Wildman–Crippen MR) is 120 cm³/mol. The minimum Gasteiger partial charge on any atom is -0.145 e. The molecule has 0 unspecified atom stereocenters. The lowest BCUT2D eigenvalue weighted by Crippen LogP contribution is -2.49. The number of hydrogen-bond donors (Lipinski definition) is 0. The van der Waals surface area contributed by atoms with Crippen molar-refractivity contribution >= 4 is 65.8 Å². The van der Waals surface area contributed by atoms with Crippen LogP contribution >= 0.6 is 44.3 Å². The van der Waals surface area contributed by atoms with Gasteiger partial charge in [-0.15, -0.1) is 44.3 Å². The Bertz CT molecular complexity index is 671. The molecule has 0 aliphatic carbocycles. The molecule has 1 aliphatic rings. The van der Waals surface area contributed by atoms with Gasteiger partial charge in [0, 0.05) is 19.2 Å². The first-order valence-corrected chi connectivity index (χ1v) is 20.4. The molecule has 25 heavy (non-hydrogen) atoms. The second-order valence-corrected chi connectivity index (χ2v) is 28.7. The molecule has 1 heterocycles. The summed E-state index contributed by atoms with van der Waals surface area (Å²) in [5, 5.41) is 0. The maximum Gasteiger partial charge on any atom is 0.259 e. The summed E-state index contributed by atoms with van der Waals surface area (Å²) < 4.78 is 0. The highest BCUT2D eigenvalue weighted by Crippen LogP contribution is 2.68. The van der Waals surface area contributed by atoms with Gasteiger partial charge in [0.1, 0.15) is 0 Å². The van der Waals surface area contributed by atoms with Crippen LogP contribution in [0.15, 0.2) is 60.7 Å². The van der Waals surface area contributed by atoms with E-state index in [1.165, 1.54) is 11.1 Å². The van der Waals surface area contributed by atoms with Crippen LogP contribution in [0, 0.1) is 0 Å². The Morgan fingerprint density at radius 2 is 0.960 bits per heavy atom. The van der Waals surface area contributed by atoms with Crippen molar-refractivity contribution in [2.24, 2.45) is 0 Å². The number of rotatable bonds is 3. The third-order valence-electron chi connectivity index (χ3n) is 5.12. The topological polar surface area (TPSA) is 0 Å². The van der Waals surface area contributed by atoms with Crippen LogP contribution < -0.4 is 0 Å². The lowest BCUT2D eigenvalue weighted by atomic mass is 10.0. The first kappa shape index (κ1) is 20.0. The van der Waals surface area contributed by atoms with Crippen molar-refractivity contribution in [3.05, 3.63) is 71.8 Å². The Hall–Kier alpha value is 0.251. The van der Waals surface area contributed by atoms with Crippen molar-refractivity contribution in [1.82, 2.24) is 0 Å². The molecule has 0 aromatic heterocycles. The van der Waals surface area contributed by atoms with Gasteiger partial charge in [-0.05, 0) is 15.9 Å². The van der Waals surface area contributed by atoms with Gasteiger partial charge in [-0.1, -0.05) is 80.3 Å². The fourth-order valence-corrected chi connectivity index (χ4v) is 46.9. The molecule has 134 valence electrons. The van der Waals surface area contributed by atoms with E-state index in [0.717, 1.165) is 0 Å². The molecule has 1 aliphatic heterocycles. The fraction of sp³-hybridized carbons (Fsp3) is 0.333. The summed E-state index contributed by atoms with van der Waals surface area (Å²) in [5.74, 6) is 0. The lowest BCUT2D eigenvalue weighted by molar-refractivity contribution is 0.866. The van der Waals surface area contributed by atoms with Crippen molar-refractivity contribution in [2.75, 3.05) is 0 Å². The van der Waals surface area contributed by atoms with Crippen molar-refractivity contribution in [3.63, 3.8) is 0 Å². The molecule has 1 fully saturated rings. The Morgan fingerprint density at radius 1 is 0.640 bits per heavy atom. The van der Waals surface area contributed by atoms with Gasteiger partial charge in [-0.2, -0.15) is 0 Å². The summed E-state index contributed by atoms with van der Waals surface area (Å²) in [4.78, 5) is 0.106. The van der Waals surface area contributed by atoms with Crippen LogP contribution in [-0.2, 0) is 0 Å². The van der Waals surface area contributed by atoms with E-state index in [1.807, 2.05) is 36.4 Å². The zero-order chi connectivity index (χ0) is 18.5. The van der Waals surface area contributed by atoms with E-state index in [2.05, 4.69) is 43.9 Å². The summed E-state index contributed by atoms with van der Waals surface area (Å²) in [6, 6.07) is 20.7. The first-order chi connectivity index (χ1) is 11.6. The van der Waals surface area contributed by atoms with E-state index in [0.29, 0.717) is 0 Å². The molecular weight excluding hydrogens is 442 g/mol. The molecule has 0 radical (unpaired) electrons. The Labute approximate surface area is 172 Å². The molecule has 0 bridgehead atoms. The minimum absolute atomic E-state index is 0.0258. The molecule has 0 N–H and O–H groups in total. The van der Waals surface area contributed by atoms with Gasteiger partial charge < -0.3 is 0 Å². The maximum atomic E-state index is 7.25. The molecule has 0 saturated carbocycles. The fourth-order valence-electron chi connectivity index (χ4n) is 4.36. The second-order valence-electron chi connectivity index (χ2n) is 7.92. The second kappa shape index (κ2) is 7.01. The highest BCUT2D eigenvalue weighted by molar-refractivity contribution is 7.63. The Morgan fingerprint density at radius 3 is 1.24 bits per heavy atom. The van der Waals surface area contributed by atoms with Gasteiger partial charge in [-0.25, -0.2) is 0 Å². The Balaban J connectivity index is 2.25. The summed E-state index contributed by atoms with van der Waals surface area (Å²) >= 11 is 29.0. The lowest BCUT2D eigenvalue weighted by Gasteiger charge is -2.37. The normalized spacial score (nSPS) is 25.9. The summed E-state index contributed by atoms with van der Waals surface area (Å²) in [5.41, 5.74) is 2.40. The standard InChI is InChI=1S/C18H22Cl4Si3/c1-23(2,3)18-24(19,20)16(14-10-6-4-7-11-14)17(25(18,21)22)15-12-8-5-9-13-15/h4-13,16-18H,1-3H3/t16-,17-/m0/s1. The smallest absolute Gasteiger partial charge is 0.145 e. The molecule has 3 rings (SSSR count). The summed E-state index contributed by atoms with van der Waals surface area (Å²) in [6.45, 7) is 1.39. The molecule has 0 spiro atoms. The molecule has 1 saturated heterocycles. The van der Waals surface area contributed by atoms with Crippen LogP contribution in [0.4, 0.5) is 0 Å². The van der Waals surface area contributed by atoms with Crippen molar-refractivity contribution < 1.29 is 0 Å². The zero-order valence-corrected chi connectivity index (χ0v) is 20.5. The SMILES string of the molecule is C[Si](C)(C)C1[Si](Cl)(Cl)[C@@H](c2ccccc2)[C@H](c2ccccc2)[Si]1(Cl)Cl. The summed E-state index contributed by atoms with van der Waals surface area (Å²) in [7, 11) is -1.75. The predicted octanol–water partition coefficient (Wildman–Crippen LogP) is 7.27. The molecule has 2 aromatic rings. The van der Waals surface area contributed by atoms with Crippen LogP contribution in [0.5, 0.6) is 0 Å². The van der Waals surface area contributed by atoms with Crippen molar-refractivity contribution in [1.29, 1.82) is 0 Å². The van der Waals surface area contributed by atoms with E-state index in [9.17, 15) is 0 Å². The van der Waals surface area contributed by atoms with Crippen molar-refractivity contribution in [2.45, 2.75) is 35.5 Å². The van der Waals surface area contributed by atoms with Crippen LogP contribution in [0.3, 0.4) is 0 Å². The van der Waals surface area contributed by atoms with Gasteiger partial charge in [0.2, 0.25) is 0 Å². The monoisotopic (exact) mass is 462 g/mol. The molecule has 2 atom stereocenters. The van der Waals surface area contributed by atoms with Crippen LogP contribution in [0.1, 0.15) is 22.2 Å². The van der Waals surface area contributed by atoms with Crippen LogP contribution in [-0.4, -0.2) is 21.5 Å². The number of benzene rings is 2. The zero-order valence-electron chi connectivity index (χ0n) is 14.5. The molecule has 0 nitrogen and oxygen atoms in total. The Kier molecular flexibility index (Phi) is 5.61. The third-order valence-corrected chi connectivity index (χ3v) is 32.2. The van der Waals surface area contributed by atoms with Crippen LogP contribution in [0.2, 0.25) is 24.4 Å². The molecule has 7 heteroatoms. The maximum absolute atomic E-state index is 7.25. The first-order valence-electron chi connectivity index (χ1n) is 8.43. The van der Waals surface area contributed by atoms with E-state index in [1.54, 1.807) is 0 Å². The van der Waals surface area contributed by atoms with Crippen LogP contribution in [0.25, 0.3) is 0 Å². The van der Waals surface area contributed by atoms with Gasteiger partial charge in [-0.3, -0.25) is 0 Å². The third kappa shape index (κ3) is 3.54. The largest absolute Gasteiger partial charge is 0.259 e. The van der Waals surface area contributed by atoms with Gasteiger partial charge in [0.15, 0.2) is 0 Å². The molecule has 0 amide bonds. The van der Waals surface area contributed by atoms with Gasteiger partial charge >= 0.3 is 0 Å². The van der Waals surface area contributed by atoms with Crippen molar-refractivity contribution in [3.8, 4) is 0 Å². The van der Waals surface area contributed by atoms with E-state index >= 15 is 0 Å². The average molecular weight is 464 g/mol. The highest BCUT2D eigenvalue weighted by Gasteiger charge is 2.73. The van der Waals surface area contributed by atoms with Gasteiger partial charge in [0.05, 0.1) is 0 Å². The molecular formula is C18H22Cl4Si3. The van der Waals surface area contributed by atoms with E-state index in [-0.39, 0.29) is 15.9 Å². The minimum atomic E-state index is -2.75. The van der Waals surface area contributed by atoms with Gasteiger partial charge in [0.25, 0.3) is 13.4 Å². The average Bonchev–Trinajstić information content (AvgIpc) is 2.69. The quantitative estimate of drug-likeness (QED) is 0.331. The highest BCUT2D eigenvalue weighted by atomic mass is 35.7. The summed E-state index contributed by atoms with van der Waals surface area (Å²) in [6.07, 6.45) is 0.